The van der Waals surface area contributed by atoms with Gasteiger partial charge in [0.25, 0.3) is 0 Å². The van der Waals surface area contributed by atoms with Gasteiger partial charge in [-0.25, -0.2) is 0 Å². The highest BCUT2D eigenvalue weighted by atomic mass is 19.4. The summed E-state index contributed by atoms with van der Waals surface area (Å²) in [6.07, 6.45) is -3.86. The van der Waals surface area contributed by atoms with Gasteiger partial charge in [0.15, 0.2) is 0 Å². The van der Waals surface area contributed by atoms with Gasteiger partial charge in [0.05, 0.1) is 5.92 Å². The van der Waals surface area contributed by atoms with E-state index in [0.29, 0.717) is 0 Å². The monoisotopic (exact) mass is 361 g/mol. The third-order valence-electron chi connectivity index (χ3n) is 4.38. The molecule has 4 unspecified atom stereocenters. The first kappa shape index (κ1) is 19.1. The zero-order chi connectivity index (χ0) is 19.2. The van der Waals surface area contributed by atoms with E-state index in [4.69, 9.17) is 0 Å². The van der Waals surface area contributed by atoms with Gasteiger partial charge >= 0.3 is 12.1 Å². The molecule has 25 heavy (non-hydrogen) atoms. The van der Waals surface area contributed by atoms with Crippen molar-refractivity contribution >= 4 is 5.97 Å². The van der Waals surface area contributed by atoms with Crippen LogP contribution in [-0.2, 0) is 11.0 Å². The van der Waals surface area contributed by atoms with Crippen molar-refractivity contribution < 1.29 is 28.0 Å². The molecule has 1 aliphatic heterocycles. The fourth-order valence-corrected chi connectivity index (χ4v) is 3.47. The number of halogens is 3. The van der Waals surface area contributed by atoms with Crippen LogP contribution < -0.4 is 5.32 Å². The molecule has 0 amide bonds. The number of nitrogens with zero attached hydrogens (tertiary/aromatic N) is 2. The smallest absolute Gasteiger partial charge is 0.433 e. The van der Waals surface area contributed by atoms with Crippen LogP contribution in [0.5, 0.6) is 0 Å². The maximum absolute atomic E-state index is 13.2. The van der Waals surface area contributed by atoms with Crippen LogP contribution >= 0.6 is 0 Å². The maximum atomic E-state index is 13.2. The maximum Gasteiger partial charge on any atom is 0.433 e. The predicted molar refractivity (Wildman–Crippen MR) is 80.3 cm³/mol. The van der Waals surface area contributed by atoms with Crippen LogP contribution in [0, 0.1) is 21.4 Å². The van der Waals surface area contributed by atoms with E-state index < -0.39 is 57.8 Å². The number of rotatable bonds is 3. The second-order valence-electron chi connectivity index (χ2n) is 7.07. The number of alkyl halides is 3. The number of hydrogen-bond acceptors (Lipinski definition) is 5. The van der Waals surface area contributed by atoms with E-state index >= 15 is 0 Å². The molecule has 10 heteroatoms. The van der Waals surface area contributed by atoms with Crippen molar-refractivity contribution in [2.24, 2.45) is 11.3 Å². The van der Waals surface area contributed by atoms with Crippen LogP contribution in [0.4, 0.5) is 13.2 Å². The molecule has 0 radical (unpaired) electrons. The minimum absolute atomic E-state index is 0.422. The highest BCUT2D eigenvalue weighted by molar-refractivity contribution is 5.75. The molecule has 1 fully saturated rings. The van der Waals surface area contributed by atoms with E-state index in [1.807, 2.05) is 0 Å². The molecule has 7 nitrogen and oxygen atoms in total. The van der Waals surface area contributed by atoms with Gasteiger partial charge in [-0.3, -0.25) is 25.2 Å². The Labute approximate surface area is 141 Å². The number of pyridine rings is 1. The predicted octanol–water partition coefficient (Wildman–Crippen LogP) is 2.51. The lowest BCUT2D eigenvalue weighted by Crippen LogP contribution is -2.44. The van der Waals surface area contributed by atoms with Crippen LogP contribution in [-0.4, -0.2) is 33.1 Å². The Balaban J connectivity index is 2.62. The van der Waals surface area contributed by atoms with Gasteiger partial charge in [-0.1, -0.05) is 26.8 Å². The zero-order valence-corrected chi connectivity index (χ0v) is 13.7. The number of carbonyl (C=O) groups is 1. The fraction of sp³-hybridized carbons (Fsp3) is 0.600. The van der Waals surface area contributed by atoms with Crippen LogP contribution in [0.1, 0.15) is 38.1 Å². The number of aliphatic carboxylic acids is 1. The Kier molecular flexibility index (Phi) is 4.77. The van der Waals surface area contributed by atoms with E-state index in [9.17, 15) is 33.2 Å². The topological polar surface area (TPSA) is 105 Å². The van der Waals surface area contributed by atoms with Crippen molar-refractivity contribution in [1.82, 2.24) is 10.3 Å². The van der Waals surface area contributed by atoms with E-state index in [0.717, 1.165) is 12.3 Å². The second kappa shape index (κ2) is 6.25. The van der Waals surface area contributed by atoms with Crippen molar-refractivity contribution in [2.75, 3.05) is 0 Å². The van der Waals surface area contributed by atoms with Crippen LogP contribution in [0.25, 0.3) is 0 Å². The molecule has 0 bridgehead atoms. The largest absolute Gasteiger partial charge is 0.480 e. The molecular formula is C15H18F3N3O4. The summed E-state index contributed by atoms with van der Waals surface area (Å²) in [6.45, 7) is 4.88. The molecule has 0 aliphatic carbocycles. The minimum atomic E-state index is -4.81. The highest BCUT2D eigenvalue weighted by Gasteiger charge is 2.59. The molecule has 1 aromatic heterocycles. The highest BCUT2D eigenvalue weighted by Crippen LogP contribution is 2.45. The zero-order valence-electron chi connectivity index (χ0n) is 13.7. The number of nitro groups is 1. The van der Waals surface area contributed by atoms with Gasteiger partial charge in [0.2, 0.25) is 6.04 Å². The normalized spacial score (nSPS) is 27.3. The van der Waals surface area contributed by atoms with Gasteiger partial charge in [0, 0.05) is 16.7 Å². The quantitative estimate of drug-likeness (QED) is 0.633. The summed E-state index contributed by atoms with van der Waals surface area (Å²) >= 11 is 0. The van der Waals surface area contributed by atoms with Crippen molar-refractivity contribution in [3.8, 4) is 0 Å². The molecular weight excluding hydrogens is 343 g/mol. The van der Waals surface area contributed by atoms with Crippen LogP contribution in [0.15, 0.2) is 18.3 Å². The van der Waals surface area contributed by atoms with Crippen molar-refractivity contribution in [3.63, 3.8) is 0 Å². The van der Waals surface area contributed by atoms with Crippen LogP contribution in [0.2, 0.25) is 0 Å². The van der Waals surface area contributed by atoms with E-state index in [-0.39, 0.29) is 0 Å². The molecule has 2 N–H and O–H groups in total. The molecule has 2 rings (SSSR count). The van der Waals surface area contributed by atoms with Gasteiger partial charge in [-0.2, -0.15) is 13.2 Å². The first-order valence-electron chi connectivity index (χ1n) is 7.50. The standard InChI is InChI=1S/C15H18F3N3O4/c1-14(2,3)8-10(13(22)23)20-9(11(8)21(24)25)7-5-4-6-19-12(7)15(16,17)18/h4-6,8-11,20H,1-3H3,(H,22,23). The Morgan fingerprint density at radius 3 is 2.40 bits per heavy atom. The fourth-order valence-electron chi connectivity index (χ4n) is 3.47. The van der Waals surface area contributed by atoms with Crippen LogP contribution in [0.3, 0.4) is 0 Å². The van der Waals surface area contributed by atoms with E-state index in [1.54, 1.807) is 20.8 Å². The lowest BCUT2D eigenvalue weighted by Gasteiger charge is -2.30. The summed E-state index contributed by atoms with van der Waals surface area (Å²) in [6, 6.07) is -1.96. The number of carboxylic acid groups (broad SMARTS) is 1. The molecule has 1 aliphatic rings. The van der Waals surface area contributed by atoms with Gasteiger partial charge in [-0.05, 0) is 11.5 Å². The molecule has 1 aromatic rings. The lowest BCUT2D eigenvalue weighted by molar-refractivity contribution is -0.535. The summed E-state index contributed by atoms with van der Waals surface area (Å²) in [5.41, 5.74) is -2.49. The Hall–Kier alpha value is -2.23. The molecule has 4 atom stereocenters. The summed E-state index contributed by atoms with van der Waals surface area (Å²) in [7, 11) is 0. The molecule has 138 valence electrons. The number of carboxylic acids is 1. The summed E-state index contributed by atoms with van der Waals surface area (Å²) in [5, 5.41) is 23.6. The minimum Gasteiger partial charge on any atom is -0.480 e. The van der Waals surface area contributed by atoms with Gasteiger partial charge in [0.1, 0.15) is 17.8 Å². The number of aromatic nitrogens is 1. The molecule has 0 saturated carbocycles. The Morgan fingerprint density at radius 1 is 1.36 bits per heavy atom. The lowest BCUT2D eigenvalue weighted by atomic mass is 9.73. The average Bonchev–Trinajstić information content (AvgIpc) is 2.87. The SMILES string of the molecule is CC(C)(C)C1C(C(=O)O)NC(c2cccnc2C(F)(F)F)C1[N+](=O)[O-]. The first-order valence-corrected chi connectivity index (χ1v) is 7.50. The van der Waals surface area contributed by atoms with Crippen molar-refractivity contribution in [1.29, 1.82) is 0 Å². The van der Waals surface area contributed by atoms with E-state index in [1.165, 1.54) is 6.07 Å². The van der Waals surface area contributed by atoms with Crippen molar-refractivity contribution in [3.05, 3.63) is 39.7 Å². The Bertz CT molecular complexity index is 687. The molecule has 2 heterocycles. The average molecular weight is 361 g/mol. The Morgan fingerprint density at radius 2 is 1.96 bits per heavy atom. The third kappa shape index (κ3) is 3.58. The summed E-state index contributed by atoms with van der Waals surface area (Å²) in [5.74, 6) is -2.35. The van der Waals surface area contributed by atoms with Gasteiger partial charge in [-0.15, -0.1) is 0 Å². The summed E-state index contributed by atoms with van der Waals surface area (Å²) < 4.78 is 39.7. The van der Waals surface area contributed by atoms with E-state index in [2.05, 4.69) is 10.3 Å². The molecule has 0 aromatic carbocycles. The first-order chi connectivity index (χ1) is 11.4. The molecule has 0 spiro atoms. The van der Waals surface area contributed by atoms with Gasteiger partial charge < -0.3 is 5.11 Å². The summed E-state index contributed by atoms with van der Waals surface area (Å²) in [4.78, 5) is 25.8. The number of nitrogens with one attached hydrogen (secondary N) is 1. The number of hydrogen-bond donors (Lipinski definition) is 2. The molecule has 1 saturated heterocycles. The van der Waals surface area contributed by atoms with Crippen molar-refractivity contribution in [2.45, 2.75) is 45.1 Å². The third-order valence-corrected chi connectivity index (χ3v) is 4.38. The second-order valence-corrected chi connectivity index (χ2v) is 7.07.